The highest BCUT2D eigenvalue weighted by Crippen LogP contribution is 2.33. The van der Waals surface area contributed by atoms with Crippen molar-refractivity contribution in [2.45, 2.75) is 65.1 Å². The Morgan fingerprint density at radius 3 is 1.86 bits per heavy atom. The van der Waals surface area contributed by atoms with E-state index in [-0.39, 0.29) is 96.1 Å². The quantitative estimate of drug-likeness (QED) is 0.210. The molecule has 15 nitrogen and oxygen atoms in total. The molecule has 310 valence electrons. The third-order valence-electron chi connectivity index (χ3n) is 9.64. The van der Waals surface area contributed by atoms with E-state index >= 15 is 0 Å². The Morgan fingerprint density at radius 1 is 0.732 bits per heavy atom. The number of alkyl carbamates (subject to hydrolysis) is 2. The number of aromatic nitrogens is 3. The highest BCUT2D eigenvalue weighted by Gasteiger charge is 2.38. The van der Waals surface area contributed by atoms with Gasteiger partial charge in [0.25, 0.3) is 0 Å². The lowest BCUT2D eigenvalue weighted by Crippen LogP contribution is -2.51. The van der Waals surface area contributed by atoms with Crippen molar-refractivity contribution in [3.05, 3.63) is 54.6 Å². The Labute approximate surface area is 356 Å². The Hall–Kier alpha value is -4.07. The van der Waals surface area contributed by atoms with Gasteiger partial charge in [-0.3, -0.25) is 14.4 Å². The molecule has 0 radical (unpaired) electrons. The van der Waals surface area contributed by atoms with Crippen molar-refractivity contribution in [2.75, 3.05) is 39.2 Å². The number of amides is 5. The highest BCUT2D eigenvalue weighted by molar-refractivity contribution is 7.59. The first-order chi connectivity index (χ1) is 24.9. The van der Waals surface area contributed by atoms with E-state index in [1.165, 1.54) is 14.2 Å². The SMILES string of the molecule is COC(=O)N[C@H](C(=O)N1CC[C@H](C(=O)Nc2ccc(-c3ccc(-c4cnc([C@@H]5CCCN5C(=O)[C@@H](NC(=O)OC)C(C)C)[nH]4)cc3)cn2)C1)C(C)C.S.S.S.S. The number of hydrogen-bond acceptors (Lipinski definition) is 9. The fourth-order valence-corrected chi connectivity index (χ4v) is 6.63. The van der Waals surface area contributed by atoms with Crippen LogP contribution in [-0.4, -0.2) is 101 Å². The minimum Gasteiger partial charge on any atom is -0.453 e. The number of aromatic amines is 1. The van der Waals surface area contributed by atoms with Crippen molar-refractivity contribution in [1.82, 2.24) is 35.4 Å². The molecule has 19 heteroatoms. The van der Waals surface area contributed by atoms with Crippen molar-refractivity contribution in [3.63, 3.8) is 0 Å². The number of H-pyrrole nitrogens is 1. The molecule has 5 amide bonds. The van der Waals surface area contributed by atoms with Crippen LogP contribution < -0.4 is 16.0 Å². The molecule has 0 bridgehead atoms. The maximum atomic E-state index is 13.5. The zero-order chi connectivity index (χ0) is 37.5. The van der Waals surface area contributed by atoms with E-state index in [1.807, 2.05) is 58.0 Å². The first-order valence-corrected chi connectivity index (χ1v) is 17.6. The standard InChI is InChI=1S/C37H48N8O7.4H2S/c1-21(2)30(42-36(49)51-5)34(47)44-17-15-26(20-44)33(46)41-29-14-13-25(18-38-29)23-9-11-24(12-10-23)27-19-39-32(40-27)28-8-7-16-45(28)35(48)31(22(3)4)43-37(50)52-6;;;;/h9-14,18-19,21-22,26,28,30-31H,7-8,15-17,20H2,1-6H3,(H,39,40)(H,42,49)(H,43,50)(H,38,41,46);4*1H2/t26-,28-,30-,31-;;;;/m0..../s1. The topological polar surface area (TPSA) is 188 Å². The molecule has 4 heterocycles. The molecule has 2 aromatic heterocycles. The molecular formula is C37H56N8O7S4. The molecule has 56 heavy (non-hydrogen) atoms. The van der Waals surface area contributed by atoms with Crippen LogP contribution in [0.2, 0.25) is 0 Å². The number of benzene rings is 1. The molecular weight excluding hydrogens is 797 g/mol. The number of nitrogens with one attached hydrogen (secondary N) is 4. The van der Waals surface area contributed by atoms with Gasteiger partial charge in [0.05, 0.1) is 38.1 Å². The maximum Gasteiger partial charge on any atom is 0.407 e. The lowest BCUT2D eigenvalue weighted by atomic mass is 10.0. The Kier molecular flexibility index (Phi) is 20.2. The third-order valence-corrected chi connectivity index (χ3v) is 9.64. The zero-order valence-electron chi connectivity index (χ0n) is 32.5. The van der Waals surface area contributed by atoms with Crippen LogP contribution >= 0.6 is 54.0 Å². The van der Waals surface area contributed by atoms with E-state index in [1.54, 1.807) is 28.3 Å². The summed E-state index contributed by atoms with van der Waals surface area (Å²) < 4.78 is 9.39. The lowest BCUT2D eigenvalue weighted by Gasteiger charge is -2.30. The van der Waals surface area contributed by atoms with Gasteiger partial charge in [-0.05, 0) is 54.4 Å². The molecule has 4 N–H and O–H groups in total. The van der Waals surface area contributed by atoms with Gasteiger partial charge in [-0.1, -0.05) is 52.0 Å². The first kappa shape index (κ1) is 49.9. The van der Waals surface area contributed by atoms with Crippen LogP contribution in [0.3, 0.4) is 0 Å². The van der Waals surface area contributed by atoms with Crippen LogP contribution in [0, 0.1) is 17.8 Å². The zero-order valence-corrected chi connectivity index (χ0v) is 36.5. The fraction of sp³-hybridized carbons (Fsp3) is 0.486. The van der Waals surface area contributed by atoms with E-state index < -0.39 is 30.2 Å². The van der Waals surface area contributed by atoms with Crippen LogP contribution in [0.5, 0.6) is 0 Å². The summed E-state index contributed by atoms with van der Waals surface area (Å²) in [7, 11) is 2.52. The fourth-order valence-electron chi connectivity index (χ4n) is 6.63. The van der Waals surface area contributed by atoms with Crippen molar-refractivity contribution in [2.24, 2.45) is 17.8 Å². The molecule has 2 aliphatic rings. The van der Waals surface area contributed by atoms with Gasteiger partial charge >= 0.3 is 12.2 Å². The van der Waals surface area contributed by atoms with Gasteiger partial charge < -0.3 is 40.2 Å². The number of methoxy groups -OCH3 is 2. The van der Waals surface area contributed by atoms with Crippen molar-refractivity contribution in [3.8, 4) is 22.4 Å². The maximum absolute atomic E-state index is 13.5. The Balaban J connectivity index is 0.00000392. The van der Waals surface area contributed by atoms with Gasteiger partial charge in [0.15, 0.2) is 0 Å². The van der Waals surface area contributed by atoms with E-state index in [2.05, 4.69) is 35.6 Å². The number of ether oxygens (including phenoxy) is 2. The smallest absolute Gasteiger partial charge is 0.407 e. The Morgan fingerprint density at radius 2 is 1.30 bits per heavy atom. The number of nitrogens with zero attached hydrogens (tertiary/aromatic N) is 4. The van der Waals surface area contributed by atoms with Gasteiger partial charge in [-0.25, -0.2) is 19.6 Å². The number of hydrogen-bond donors (Lipinski definition) is 4. The third kappa shape index (κ3) is 12.0. The second kappa shape index (κ2) is 22.6. The number of pyridine rings is 1. The summed E-state index contributed by atoms with van der Waals surface area (Å²) in [4.78, 5) is 79.1. The lowest BCUT2D eigenvalue weighted by molar-refractivity contribution is -0.135. The van der Waals surface area contributed by atoms with E-state index in [4.69, 9.17) is 4.74 Å². The van der Waals surface area contributed by atoms with Gasteiger partial charge in [0.1, 0.15) is 23.7 Å². The molecule has 3 aromatic rings. The molecule has 0 spiro atoms. The largest absolute Gasteiger partial charge is 0.453 e. The van der Waals surface area contributed by atoms with Crippen LogP contribution in [0.1, 0.15) is 58.8 Å². The second-order valence-corrected chi connectivity index (χ2v) is 13.9. The van der Waals surface area contributed by atoms with Crippen molar-refractivity contribution >= 4 is 89.7 Å². The van der Waals surface area contributed by atoms with Gasteiger partial charge in [0.2, 0.25) is 17.7 Å². The van der Waals surface area contributed by atoms with Gasteiger partial charge in [0, 0.05) is 31.4 Å². The van der Waals surface area contributed by atoms with Crippen LogP contribution in [0.15, 0.2) is 48.8 Å². The molecule has 5 rings (SSSR count). The summed E-state index contributed by atoms with van der Waals surface area (Å²) >= 11 is 0. The van der Waals surface area contributed by atoms with Crippen LogP contribution in [0.25, 0.3) is 22.4 Å². The first-order valence-electron chi connectivity index (χ1n) is 17.6. The predicted octanol–water partition coefficient (Wildman–Crippen LogP) is 4.80. The van der Waals surface area contributed by atoms with Crippen molar-refractivity contribution < 1.29 is 33.4 Å². The predicted molar refractivity (Wildman–Crippen MR) is 234 cm³/mol. The molecule has 1 aromatic carbocycles. The normalized spacial score (nSPS) is 16.9. The summed E-state index contributed by atoms with van der Waals surface area (Å²) in [6.45, 7) is 8.69. The molecule has 0 saturated carbocycles. The van der Waals surface area contributed by atoms with E-state index in [9.17, 15) is 24.0 Å². The Bertz CT molecular complexity index is 1760. The van der Waals surface area contributed by atoms with Crippen LogP contribution in [-0.2, 0) is 23.9 Å². The monoisotopic (exact) mass is 852 g/mol. The number of carbonyl (C=O) groups is 5. The molecule has 2 saturated heterocycles. The highest BCUT2D eigenvalue weighted by atomic mass is 32.1. The summed E-state index contributed by atoms with van der Waals surface area (Å²) in [6.07, 6.45) is 4.25. The number of rotatable bonds is 11. The molecule has 4 atom stereocenters. The average molecular weight is 853 g/mol. The number of anilines is 1. The minimum absolute atomic E-state index is 0. The summed E-state index contributed by atoms with van der Waals surface area (Å²) in [6, 6.07) is 9.87. The minimum atomic E-state index is -0.739. The molecule has 0 unspecified atom stereocenters. The molecule has 2 fully saturated rings. The summed E-state index contributed by atoms with van der Waals surface area (Å²) in [5, 5.41) is 8.13. The average Bonchev–Trinajstić information content (AvgIpc) is 3.94. The second-order valence-electron chi connectivity index (χ2n) is 13.9. The number of imidazole rings is 1. The molecule has 0 aliphatic carbocycles. The number of likely N-dealkylation sites (tertiary alicyclic amines) is 2. The van der Waals surface area contributed by atoms with Crippen molar-refractivity contribution in [1.29, 1.82) is 0 Å². The van der Waals surface area contributed by atoms with E-state index in [0.717, 1.165) is 35.2 Å². The number of carbonyl (C=O) groups excluding carboxylic acids is 5. The van der Waals surface area contributed by atoms with Gasteiger partial charge in [-0.15, -0.1) is 0 Å². The summed E-state index contributed by atoms with van der Waals surface area (Å²) in [5.74, 6) is -0.177. The summed E-state index contributed by atoms with van der Waals surface area (Å²) in [5.41, 5.74) is 3.54. The van der Waals surface area contributed by atoms with E-state index in [0.29, 0.717) is 31.2 Å². The molecule has 2 aliphatic heterocycles. The van der Waals surface area contributed by atoms with Crippen LogP contribution in [0.4, 0.5) is 15.4 Å². The van der Waals surface area contributed by atoms with Gasteiger partial charge in [-0.2, -0.15) is 54.0 Å².